The first-order valence-electron chi connectivity index (χ1n) is 3.95. The lowest BCUT2D eigenvalue weighted by molar-refractivity contribution is 0.170. The van der Waals surface area contributed by atoms with E-state index in [1.165, 1.54) is 0 Å². The zero-order chi connectivity index (χ0) is 8.57. The van der Waals surface area contributed by atoms with Crippen LogP contribution in [0.25, 0.3) is 0 Å². The van der Waals surface area contributed by atoms with Crippen molar-refractivity contribution in [3.63, 3.8) is 0 Å². The summed E-state index contributed by atoms with van der Waals surface area (Å²) in [5, 5.41) is 8.77. The van der Waals surface area contributed by atoms with E-state index < -0.39 is 0 Å². The van der Waals surface area contributed by atoms with E-state index in [-0.39, 0.29) is 6.10 Å². The average molecular weight is 147 g/mol. The lowest BCUT2D eigenvalue weighted by Crippen LogP contribution is -2.17. The molecule has 0 aromatic heterocycles. The van der Waals surface area contributed by atoms with Crippen LogP contribution >= 0.6 is 0 Å². The van der Waals surface area contributed by atoms with Gasteiger partial charge in [-0.3, -0.25) is 0 Å². The fraction of sp³-hybridized carbons (Fsp3) is 1.00. The number of nitrogens with zero attached hydrogens (tertiary/aromatic N) is 1. The van der Waals surface area contributed by atoms with Crippen molar-refractivity contribution in [2.24, 2.45) is 0 Å². The van der Waals surface area contributed by atoms with E-state index in [1.807, 2.05) is 34.9 Å². The molecule has 0 saturated heterocycles. The van der Waals surface area contributed by atoms with Crippen LogP contribution in [0.15, 0.2) is 0 Å². The molecule has 1 N–H and O–H groups in total. The van der Waals surface area contributed by atoms with Crippen molar-refractivity contribution >= 4 is 0 Å². The van der Waals surface area contributed by atoms with Gasteiger partial charge in [0.1, 0.15) is 0 Å². The van der Waals surface area contributed by atoms with Gasteiger partial charge in [-0.2, -0.15) is 0 Å². The summed E-state index contributed by atoms with van der Waals surface area (Å²) in [6.45, 7) is 6.78. The first kappa shape index (κ1) is 12.6. The summed E-state index contributed by atoms with van der Waals surface area (Å²) in [5.74, 6) is 0. The molecule has 10 heavy (non-hydrogen) atoms. The smallest absolute Gasteiger partial charge is 0.0524 e. The summed E-state index contributed by atoms with van der Waals surface area (Å²) in [6.07, 6.45) is 0.713. The van der Waals surface area contributed by atoms with Gasteiger partial charge >= 0.3 is 0 Å². The van der Waals surface area contributed by atoms with Crippen molar-refractivity contribution < 1.29 is 5.11 Å². The molecule has 0 radical (unpaired) electrons. The normalized spacial score (nSPS) is 12.3. The van der Waals surface area contributed by atoms with Crippen LogP contribution in [0.5, 0.6) is 0 Å². The molecule has 0 fully saturated rings. The second-order valence-electron chi connectivity index (χ2n) is 2.44. The first-order chi connectivity index (χ1) is 4.63. The second-order valence-corrected chi connectivity index (χ2v) is 2.44. The summed E-state index contributed by atoms with van der Waals surface area (Å²) < 4.78 is 0. The van der Waals surface area contributed by atoms with E-state index in [1.54, 1.807) is 0 Å². The topological polar surface area (TPSA) is 23.5 Å². The Labute approximate surface area is 64.9 Å². The molecule has 0 amide bonds. The Bertz CT molecular complexity index is 45.2. The van der Waals surface area contributed by atoms with Crippen LogP contribution in [0, 0.1) is 0 Å². The zero-order valence-corrected chi connectivity index (χ0v) is 7.89. The van der Waals surface area contributed by atoms with Crippen molar-refractivity contribution in [1.82, 2.24) is 4.90 Å². The third kappa shape index (κ3) is 15.7. The van der Waals surface area contributed by atoms with Crippen molar-refractivity contribution in [1.29, 1.82) is 0 Å². The molecule has 0 aliphatic rings. The van der Waals surface area contributed by atoms with Gasteiger partial charge in [0.2, 0.25) is 0 Å². The molecule has 0 saturated carbocycles. The van der Waals surface area contributed by atoms with E-state index in [9.17, 15) is 0 Å². The highest BCUT2D eigenvalue weighted by Gasteiger charge is 1.94. The number of rotatable bonds is 3. The Kier molecular flexibility index (Phi) is 11.2. The molecular weight excluding hydrogens is 126 g/mol. The van der Waals surface area contributed by atoms with Gasteiger partial charge in [-0.25, -0.2) is 0 Å². The third-order valence-electron chi connectivity index (χ3n) is 0.994. The molecule has 0 aromatic rings. The molecular formula is C8H21NO. The molecule has 0 aliphatic heterocycles. The first-order valence-corrected chi connectivity index (χ1v) is 3.95. The fourth-order valence-electron chi connectivity index (χ4n) is 0.445. The van der Waals surface area contributed by atoms with E-state index >= 15 is 0 Å². The van der Waals surface area contributed by atoms with E-state index in [4.69, 9.17) is 5.11 Å². The van der Waals surface area contributed by atoms with Gasteiger partial charge in [0, 0.05) is 0 Å². The van der Waals surface area contributed by atoms with E-state index in [2.05, 4.69) is 4.90 Å². The van der Waals surface area contributed by atoms with Crippen LogP contribution < -0.4 is 0 Å². The van der Waals surface area contributed by atoms with Crippen molar-refractivity contribution in [3.05, 3.63) is 0 Å². The predicted octanol–water partition coefficient (Wildman–Crippen LogP) is 1.35. The Hall–Kier alpha value is -0.0800. The van der Waals surface area contributed by atoms with Gasteiger partial charge in [-0.05, 0) is 34.0 Å². The number of aliphatic hydroxyl groups is 1. The van der Waals surface area contributed by atoms with E-state index in [0.29, 0.717) is 0 Å². The molecule has 0 heterocycles. The summed E-state index contributed by atoms with van der Waals surface area (Å²) in [7, 11) is 4.00. The summed E-state index contributed by atoms with van der Waals surface area (Å²) >= 11 is 0. The second kappa shape index (κ2) is 8.92. The minimum atomic E-state index is -0.155. The van der Waals surface area contributed by atoms with Gasteiger partial charge in [0.25, 0.3) is 0 Å². The van der Waals surface area contributed by atoms with Gasteiger partial charge < -0.3 is 10.0 Å². The number of hydrogen-bond acceptors (Lipinski definition) is 2. The summed E-state index contributed by atoms with van der Waals surface area (Å²) in [6, 6.07) is 0. The minimum Gasteiger partial charge on any atom is -0.393 e. The molecule has 2 heteroatoms. The molecule has 0 spiro atoms. The summed E-state index contributed by atoms with van der Waals surface area (Å²) in [5.41, 5.74) is 0. The van der Waals surface area contributed by atoms with Crippen molar-refractivity contribution in [3.8, 4) is 0 Å². The molecule has 1 unspecified atom stereocenters. The van der Waals surface area contributed by atoms with Crippen LogP contribution in [0.3, 0.4) is 0 Å². The van der Waals surface area contributed by atoms with Gasteiger partial charge in [-0.15, -0.1) is 0 Å². The monoisotopic (exact) mass is 147 g/mol. The number of hydrogen-bond donors (Lipinski definition) is 1. The fourth-order valence-corrected chi connectivity index (χ4v) is 0.445. The Morgan fingerprint density at radius 3 is 1.80 bits per heavy atom. The maximum absolute atomic E-state index is 8.77. The SMILES string of the molecule is CC.CC(O)CCN(C)C. The van der Waals surface area contributed by atoms with Crippen LogP contribution in [-0.2, 0) is 0 Å². The molecule has 0 rings (SSSR count). The molecule has 1 atom stereocenters. The quantitative estimate of drug-likeness (QED) is 0.651. The van der Waals surface area contributed by atoms with Crippen molar-refractivity contribution in [2.75, 3.05) is 20.6 Å². The molecule has 64 valence electrons. The number of aliphatic hydroxyl groups excluding tert-OH is 1. The largest absolute Gasteiger partial charge is 0.393 e. The predicted molar refractivity (Wildman–Crippen MR) is 46.2 cm³/mol. The maximum Gasteiger partial charge on any atom is 0.0524 e. The third-order valence-corrected chi connectivity index (χ3v) is 0.994. The molecule has 0 aliphatic carbocycles. The standard InChI is InChI=1S/C6H15NO.C2H6/c1-6(8)4-5-7(2)3;1-2/h6,8H,4-5H2,1-3H3;1-2H3. The minimum absolute atomic E-state index is 0.155. The van der Waals surface area contributed by atoms with Crippen LogP contribution in [0.1, 0.15) is 27.2 Å². The van der Waals surface area contributed by atoms with Crippen LogP contribution in [0.2, 0.25) is 0 Å². The maximum atomic E-state index is 8.77. The highest BCUT2D eigenvalue weighted by atomic mass is 16.3. The lowest BCUT2D eigenvalue weighted by atomic mass is 10.3. The average Bonchev–Trinajstić information content (AvgIpc) is 1.89. The van der Waals surface area contributed by atoms with Crippen molar-refractivity contribution in [2.45, 2.75) is 33.3 Å². The Morgan fingerprint density at radius 2 is 1.70 bits per heavy atom. The van der Waals surface area contributed by atoms with Crippen LogP contribution in [-0.4, -0.2) is 36.8 Å². The highest BCUT2D eigenvalue weighted by molar-refractivity contribution is 4.48. The van der Waals surface area contributed by atoms with Gasteiger partial charge in [0.05, 0.1) is 6.10 Å². The lowest BCUT2D eigenvalue weighted by Gasteiger charge is -2.09. The Morgan fingerprint density at radius 1 is 1.30 bits per heavy atom. The van der Waals surface area contributed by atoms with Crippen LogP contribution in [0.4, 0.5) is 0 Å². The molecule has 0 aromatic carbocycles. The van der Waals surface area contributed by atoms with Gasteiger partial charge in [0.15, 0.2) is 0 Å². The van der Waals surface area contributed by atoms with E-state index in [0.717, 1.165) is 13.0 Å². The molecule has 2 nitrogen and oxygen atoms in total. The van der Waals surface area contributed by atoms with Gasteiger partial charge in [-0.1, -0.05) is 13.8 Å². The zero-order valence-electron chi connectivity index (χ0n) is 7.89. The Balaban J connectivity index is 0. The molecule has 0 bridgehead atoms. The highest BCUT2D eigenvalue weighted by Crippen LogP contribution is 1.88. The summed E-state index contributed by atoms with van der Waals surface area (Å²) in [4.78, 5) is 2.06.